The van der Waals surface area contributed by atoms with E-state index in [-0.39, 0.29) is 12.1 Å². The minimum absolute atomic E-state index is 0.165. The van der Waals surface area contributed by atoms with Crippen LogP contribution in [0.2, 0.25) is 0 Å². The van der Waals surface area contributed by atoms with E-state index in [0.29, 0.717) is 0 Å². The Kier molecular flexibility index (Phi) is 6.77. The molecule has 27 heavy (non-hydrogen) atoms. The average molecular weight is 388 g/mol. The van der Waals surface area contributed by atoms with Crippen molar-refractivity contribution in [3.05, 3.63) is 48.5 Å². The summed E-state index contributed by atoms with van der Waals surface area (Å²) in [5.74, 6) is 0. The molecule has 4 nitrogen and oxygen atoms in total. The number of nitrogens with zero attached hydrogens (tertiary/aromatic N) is 3. The summed E-state index contributed by atoms with van der Waals surface area (Å²) in [4.78, 5) is 4.12. The molecule has 0 aliphatic rings. The molecule has 0 aromatic heterocycles. The third kappa shape index (κ3) is 4.39. The predicted molar refractivity (Wildman–Crippen MR) is 121 cm³/mol. The monoisotopic (exact) mass is 387 g/mol. The molecule has 0 fully saturated rings. The smallest absolute Gasteiger partial charge is 0.207 e. The summed E-state index contributed by atoms with van der Waals surface area (Å²) in [6, 6.07) is 16.6. The van der Waals surface area contributed by atoms with Gasteiger partial charge in [0.05, 0.1) is 0 Å². The minimum atomic E-state index is -2.95. The van der Waals surface area contributed by atoms with Gasteiger partial charge in [0.2, 0.25) is 7.29 Å². The van der Waals surface area contributed by atoms with Crippen LogP contribution >= 0.6 is 7.29 Å². The summed E-state index contributed by atoms with van der Waals surface area (Å²) >= 11 is 0. The number of benzene rings is 2. The van der Waals surface area contributed by atoms with Gasteiger partial charge in [0.25, 0.3) is 0 Å². The van der Waals surface area contributed by atoms with Gasteiger partial charge in [-0.15, -0.1) is 0 Å². The molecule has 5 heteroatoms. The predicted octanol–water partition coefficient (Wildman–Crippen LogP) is 4.17. The molecule has 0 atom stereocenters. The summed E-state index contributed by atoms with van der Waals surface area (Å²) in [7, 11) is 5.12. The highest BCUT2D eigenvalue weighted by Gasteiger charge is 2.38. The molecule has 0 amide bonds. The molecule has 0 N–H and O–H groups in total. The third-order valence-electron chi connectivity index (χ3n) is 4.82. The highest BCUT2D eigenvalue weighted by Crippen LogP contribution is 2.50. The molecule has 0 unspecified atom stereocenters. The first kappa shape index (κ1) is 21.5. The fraction of sp³-hybridized carbons (Fsp3) is 0.455. The first-order chi connectivity index (χ1) is 12.6. The fourth-order valence-electron chi connectivity index (χ4n) is 3.57. The lowest BCUT2D eigenvalue weighted by molar-refractivity contribution is 0.307. The quantitative estimate of drug-likeness (QED) is 0.667. The lowest BCUT2D eigenvalue weighted by Gasteiger charge is -2.38. The maximum Gasteiger partial charge on any atom is 0.207 e. The normalized spacial score (nSPS) is 12.1. The number of hydrogen-bond donors (Lipinski definition) is 0. The molecular weight excluding hydrogens is 353 g/mol. The van der Waals surface area contributed by atoms with Crippen LogP contribution in [0.25, 0.3) is 0 Å². The van der Waals surface area contributed by atoms with Crippen LogP contribution in [0.4, 0.5) is 11.4 Å². The van der Waals surface area contributed by atoms with Gasteiger partial charge in [-0.3, -0.25) is 4.57 Å². The molecule has 2 aromatic carbocycles. The van der Waals surface area contributed by atoms with Crippen LogP contribution in [0.1, 0.15) is 27.7 Å². The third-order valence-corrected chi connectivity index (χ3v) is 8.39. The second kappa shape index (κ2) is 8.50. The molecule has 0 heterocycles. The molecule has 0 saturated carbocycles. The second-order valence-electron chi connectivity index (χ2n) is 7.97. The lowest BCUT2D eigenvalue weighted by Crippen LogP contribution is -2.41. The van der Waals surface area contributed by atoms with Crippen LogP contribution in [0, 0.1) is 0 Å². The van der Waals surface area contributed by atoms with Crippen molar-refractivity contribution in [1.29, 1.82) is 0 Å². The van der Waals surface area contributed by atoms with Gasteiger partial charge in [-0.1, -0.05) is 0 Å². The Morgan fingerprint density at radius 2 is 0.926 bits per heavy atom. The summed E-state index contributed by atoms with van der Waals surface area (Å²) < 4.78 is 16.8. The van der Waals surface area contributed by atoms with Crippen LogP contribution < -0.4 is 20.4 Å². The standard InChI is InChI=1S/C22H34N3OP/c1-17(2)25(18(3)4)27(26,21-13-9-19(10-14-21)23(5)6)22-15-11-20(12-16-22)24(7)8/h9-18H,1-8H3. The van der Waals surface area contributed by atoms with Crippen molar-refractivity contribution < 1.29 is 4.57 Å². The number of anilines is 2. The Bertz CT molecular complexity index is 717. The van der Waals surface area contributed by atoms with E-state index in [2.05, 4.69) is 66.4 Å². The molecule has 2 aromatic rings. The van der Waals surface area contributed by atoms with Crippen LogP contribution in [0.3, 0.4) is 0 Å². The van der Waals surface area contributed by atoms with Crippen molar-refractivity contribution in [3.8, 4) is 0 Å². The van der Waals surface area contributed by atoms with Gasteiger partial charge in [0.1, 0.15) is 0 Å². The van der Waals surface area contributed by atoms with Crippen LogP contribution in [0.15, 0.2) is 48.5 Å². The van der Waals surface area contributed by atoms with Crippen LogP contribution in [0.5, 0.6) is 0 Å². The van der Waals surface area contributed by atoms with Crippen molar-refractivity contribution in [3.63, 3.8) is 0 Å². The second-order valence-corrected chi connectivity index (χ2v) is 10.6. The zero-order valence-corrected chi connectivity index (χ0v) is 18.9. The minimum Gasteiger partial charge on any atom is -0.378 e. The van der Waals surface area contributed by atoms with Crippen molar-refractivity contribution in [1.82, 2.24) is 4.67 Å². The van der Waals surface area contributed by atoms with Gasteiger partial charge in [0, 0.05) is 62.3 Å². The SMILES string of the molecule is CC(C)N(C(C)C)P(=O)(c1ccc(N(C)C)cc1)c1ccc(N(C)C)cc1. The number of rotatable bonds is 7. The lowest BCUT2D eigenvalue weighted by atomic mass is 10.3. The highest BCUT2D eigenvalue weighted by molar-refractivity contribution is 7.76. The summed E-state index contributed by atoms with van der Waals surface area (Å²) in [6.07, 6.45) is 0. The van der Waals surface area contributed by atoms with Gasteiger partial charge < -0.3 is 9.80 Å². The highest BCUT2D eigenvalue weighted by atomic mass is 31.2. The van der Waals surface area contributed by atoms with Gasteiger partial charge in [-0.05, 0) is 76.2 Å². The van der Waals surface area contributed by atoms with Gasteiger partial charge in [-0.25, -0.2) is 4.67 Å². The maximum absolute atomic E-state index is 14.7. The van der Waals surface area contributed by atoms with E-state index in [4.69, 9.17) is 0 Å². The summed E-state index contributed by atoms with van der Waals surface area (Å²) in [6.45, 7) is 8.48. The van der Waals surface area contributed by atoms with E-state index >= 15 is 0 Å². The molecule has 0 bridgehead atoms. The molecule has 0 spiro atoms. The van der Waals surface area contributed by atoms with Crippen LogP contribution in [-0.2, 0) is 4.57 Å². The van der Waals surface area contributed by atoms with Gasteiger partial charge in [-0.2, -0.15) is 0 Å². The molecule has 0 aliphatic carbocycles. The Hall–Kier alpha value is -1.77. The molecule has 0 radical (unpaired) electrons. The molecule has 0 saturated heterocycles. The van der Waals surface area contributed by atoms with E-state index in [0.717, 1.165) is 22.0 Å². The Morgan fingerprint density at radius 1 is 0.630 bits per heavy atom. The fourth-order valence-corrected chi connectivity index (χ4v) is 6.81. The summed E-state index contributed by atoms with van der Waals surface area (Å²) in [5, 5.41) is 1.77. The van der Waals surface area contributed by atoms with Crippen LogP contribution in [-0.4, -0.2) is 44.9 Å². The van der Waals surface area contributed by atoms with E-state index < -0.39 is 7.29 Å². The molecular formula is C22H34N3OP. The van der Waals surface area contributed by atoms with E-state index in [1.54, 1.807) is 0 Å². The largest absolute Gasteiger partial charge is 0.378 e. The Labute approximate surface area is 165 Å². The van der Waals surface area contributed by atoms with Crippen molar-refractivity contribution in [2.45, 2.75) is 39.8 Å². The van der Waals surface area contributed by atoms with Gasteiger partial charge in [0.15, 0.2) is 0 Å². The van der Waals surface area contributed by atoms with Gasteiger partial charge >= 0.3 is 0 Å². The molecule has 2 rings (SSSR count). The summed E-state index contributed by atoms with van der Waals surface area (Å²) in [5.41, 5.74) is 2.21. The van der Waals surface area contributed by atoms with E-state index in [1.807, 2.05) is 52.5 Å². The Balaban J connectivity index is 2.66. The zero-order chi connectivity index (χ0) is 20.4. The van der Waals surface area contributed by atoms with Crippen molar-refractivity contribution in [2.75, 3.05) is 38.0 Å². The zero-order valence-electron chi connectivity index (χ0n) is 18.0. The van der Waals surface area contributed by atoms with E-state index in [1.165, 1.54) is 0 Å². The van der Waals surface area contributed by atoms with Crippen molar-refractivity contribution in [2.24, 2.45) is 0 Å². The number of hydrogen-bond acceptors (Lipinski definition) is 3. The molecule has 0 aliphatic heterocycles. The van der Waals surface area contributed by atoms with Crippen molar-refractivity contribution >= 4 is 29.3 Å². The first-order valence-electron chi connectivity index (χ1n) is 9.53. The Morgan fingerprint density at radius 3 is 1.15 bits per heavy atom. The van der Waals surface area contributed by atoms with E-state index in [9.17, 15) is 4.57 Å². The maximum atomic E-state index is 14.7. The topological polar surface area (TPSA) is 26.8 Å². The average Bonchev–Trinajstić information content (AvgIpc) is 2.61. The first-order valence-corrected chi connectivity index (χ1v) is 11.2. The molecule has 148 valence electrons.